The van der Waals surface area contributed by atoms with Gasteiger partial charge in [0.1, 0.15) is 0 Å². The average molecular weight is 447 g/mol. The van der Waals surface area contributed by atoms with E-state index in [-0.39, 0.29) is 17.4 Å². The first-order valence-electron chi connectivity index (χ1n) is 11.5. The number of rotatable bonds is 6. The summed E-state index contributed by atoms with van der Waals surface area (Å²) >= 11 is 1.41. The third-order valence-electron chi connectivity index (χ3n) is 6.32. The van der Waals surface area contributed by atoms with Crippen LogP contribution in [0.25, 0.3) is 4.96 Å². The highest BCUT2D eigenvalue weighted by Gasteiger charge is 2.28. The summed E-state index contributed by atoms with van der Waals surface area (Å²) in [6, 6.07) is 1.49. The number of amides is 1. The van der Waals surface area contributed by atoms with Crippen LogP contribution in [0.3, 0.4) is 0 Å². The van der Waals surface area contributed by atoms with E-state index in [1.807, 2.05) is 6.92 Å². The number of aryl methyl sites for hydroxylation is 1. The maximum atomic E-state index is 12.8. The van der Waals surface area contributed by atoms with Crippen molar-refractivity contribution in [3.8, 4) is 0 Å². The van der Waals surface area contributed by atoms with Gasteiger partial charge in [-0.3, -0.25) is 9.59 Å². The van der Waals surface area contributed by atoms with Crippen molar-refractivity contribution in [1.29, 1.82) is 0 Å². The van der Waals surface area contributed by atoms with Gasteiger partial charge < -0.3 is 15.1 Å². The van der Waals surface area contributed by atoms with Gasteiger partial charge in [-0.1, -0.05) is 25.2 Å². The van der Waals surface area contributed by atoms with Gasteiger partial charge in [0, 0.05) is 44.5 Å². The molecule has 1 N–H and O–H groups in total. The number of fused-ring (bicyclic) bond motifs is 1. The molecule has 2 aliphatic rings. The van der Waals surface area contributed by atoms with Crippen LogP contribution < -0.4 is 15.8 Å². The van der Waals surface area contributed by atoms with E-state index in [4.69, 9.17) is 0 Å². The maximum absolute atomic E-state index is 12.8. The van der Waals surface area contributed by atoms with Crippen molar-refractivity contribution >= 4 is 27.3 Å². The molecule has 0 saturated carbocycles. The summed E-state index contributed by atoms with van der Waals surface area (Å²) in [5.74, 6) is 1.63. The number of anilines is 1. The van der Waals surface area contributed by atoms with Gasteiger partial charge in [0.2, 0.25) is 16.0 Å². The molecule has 0 radical (unpaired) electrons. The largest absolute Gasteiger partial charge is 0.356 e. The molecule has 2 aromatic heterocycles. The number of aromatic nitrogens is 3. The first kappa shape index (κ1) is 22.2. The van der Waals surface area contributed by atoms with E-state index in [9.17, 15) is 9.59 Å². The van der Waals surface area contributed by atoms with E-state index in [0.717, 1.165) is 55.9 Å². The summed E-state index contributed by atoms with van der Waals surface area (Å²) in [6.07, 6.45) is 4.16. The summed E-state index contributed by atoms with van der Waals surface area (Å²) < 4.78 is 1.36. The summed E-state index contributed by atoms with van der Waals surface area (Å²) in [4.78, 5) is 34.6. The van der Waals surface area contributed by atoms with Gasteiger partial charge in [-0.05, 0) is 51.0 Å². The smallest absolute Gasteiger partial charge is 0.275 e. The Balaban J connectivity index is 1.28. The van der Waals surface area contributed by atoms with E-state index in [1.54, 1.807) is 0 Å². The van der Waals surface area contributed by atoms with Crippen molar-refractivity contribution in [2.24, 2.45) is 17.8 Å². The molecule has 4 heterocycles. The molecule has 0 spiro atoms. The predicted octanol–water partition coefficient (Wildman–Crippen LogP) is 2.16. The third-order valence-corrected chi connectivity index (χ3v) is 7.29. The molecular formula is C22H34N6O2S. The average Bonchev–Trinajstić information content (AvgIpc) is 3.15. The fourth-order valence-electron chi connectivity index (χ4n) is 5.04. The van der Waals surface area contributed by atoms with Gasteiger partial charge in [0.15, 0.2) is 0 Å². The Kier molecular flexibility index (Phi) is 6.91. The SMILES string of the molecule is Cc1cc(=O)n2nc(N3CCCC(C(=O)NCCCN4CC(C)CC(C)C4)C3)sc2n1. The van der Waals surface area contributed by atoms with E-state index >= 15 is 0 Å². The Morgan fingerprint density at radius 3 is 2.81 bits per heavy atom. The van der Waals surface area contributed by atoms with Gasteiger partial charge in [-0.25, -0.2) is 4.98 Å². The third kappa shape index (κ3) is 5.44. The van der Waals surface area contributed by atoms with Crippen LogP contribution in [0.15, 0.2) is 10.9 Å². The van der Waals surface area contributed by atoms with Crippen molar-refractivity contribution in [3.05, 3.63) is 22.1 Å². The Morgan fingerprint density at radius 2 is 2.03 bits per heavy atom. The van der Waals surface area contributed by atoms with Gasteiger partial charge >= 0.3 is 0 Å². The van der Waals surface area contributed by atoms with Gasteiger partial charge in [0.05, 0.1) is 5.92 Å². The zero-order valence-electron chi connectivity index (χ0n) is 18.8. The van der Waals surface area contributed by atoms with Crippen LogP contribution in [0.5, 0.6) is 0 Å². The number of nitrogens with zero attached hydrogens (tertiary/aromatic N) is 5. The monoisotopic (exact) mass is 446 g/mol. The molecule has 0 aromatic carbocycles. The molecule has 3 atom stereocenters. The molecule has 2 fully saturated rings. The number of piperidine rings is 2. The van der Waals surface area contributed by atoms with Gasteiger partial charge in [0.25, 0.3) is 5.56 Å². The lowest BCUT2D eigenvalue weighted by Crippen LogP contribution is -2.44. The molecule has 2 aliphatic heterocycles. The molecule has 0 bridgehead atoms. The van der Waals surface area contributed by atoms with E-state index < -0.39 is 0 Å². The van der Waals surface area contributed by atoms with Crippen LogP contribution in [0.2, 0.25) is 0 Å². The minimum Gasteiger partial charge on any atom is -0.356 e. The number of likely N-dealkylation sites (tertiary alicyclic amines) is 1. The molecule has 2 saturated heterocycles. The van der Waals surface area contributed by atoms with Crippen molar-refractivity contribution < 1.29 is 4.79 Å². The molecule has 170 valence electrons. The topological polar surface area (TPSA) is 82.8 Å². The Hall–Kier alpha value is -2.00. The standard InChI is InChI=1S/C22H34N6O2S/c1-15-10-16(2)13-26(12-15)8-5-7-23-20(30)18-6-4-9-27(14-18)22-25-28-19(29)11-17(3)24-21(28)31-22/h11,15-16,18H,4-10,12-14H2,1-3H3,(H,23,30). The van der Waals surface area contributed by atoms with Gasteiger partial charge in [-0.15, -0.1) is 5.10 Å². The van der Waals surface area contributed by atoms with Crippen molar-refractivity contribution in [2.75, 3.05) is 44.2 Å². The molecule has 0 aliphatic carbocycles. The number of carbonyl (C=O) groups is 1. The Bertz CT molecular complexity index is 963. The summed E-state index contributed by atoms with van der Waals surface area (Å²) in [6.45, 7) is 12.1. The van der Waals surface area contributed by atoms with Crippen LogP contribution >= 0.6 is 11.3 Å². The van der Waals surface area contributed by atoms with E-state index in [0.29, 0.717) is 17.2 Å². The van der Waals surface area contributed by atoms with Crippen molar-refractivity contribution in [3.63, 3.8) is 0 Å². The number of carbonyl (C=O) groups excluding carboxylic acids is 1. The lowest BCUT2D eigenvalue weighted by atomic mass is 9.92. The minimum absolute atomic E-state index is 0.0396. The molecule has 2 aromatic rings. The highest BCUT2D eigenvalue weighted by Crippen LogP contribution is 2.27. The zero-order chi connectivity index (χ0) is 22.0. The lowest BCUT2D eigenvalue weighted by molar-refractivity contribution is -0.125. The lowest BCUT2D eigenvalue weighted by Gasteiger charge is -2.35. The van der Waals surface area contributed by atoms with Crippen LogP contribution in [0.4, 0.5) is 5.13 Å². The predicted molar refractivity (Wildman–Crippen MR) is 124 cm³/mol. The zero-order valence-corrected chi connectivity index (χ0v) is 19.7. The summed E-state index contributed by atoms with van der Waals surface area (Å²) in [5.41, 5.74) is 0.540. The quantitative estimate of drug-likeness (QED) is 0.685. The Labute approximate surface area is 187 Å². The normalized spacial score (nSPS) is 25.1. The molecular weight excluding hydrogens is 412 g/mol. The van der Waals surface area contributed by atoms with Crippen LogP contribution in [0.1, 0.15) is 45.2 Å². The number of nitrogens with one attached hydrogen (secondary N) is 1. The van der Waals surface area contributed by atoms with E-state index in [1.165, 1.54) is 41.4 Å². The summed E-state index contributed by atoms with van der Waals surface area (Å²) in [7, 11) is 0. The second kappa shape index (κ2) is 9.65. The molecule has 1 amide bonds. The first-order chi connectivity index (χ1) is 14.9. The van der Waals surface area contributed by atoms with Gasteiger partial charge in [-0.2, -0.15) is 4.52 Å². The van der Waals surface area contributed by atoms with E-state index in [2.05, 4.69) is 39.0 Å². The number of hydrogen-bond acceptors (Lipinski definition) is 7. The molecule has 8 nitrogen and oxygen atoms in total. The van der Waals surface area contributed by atoms with Crippen molar-refractivity contribution in [2.45, 2.75) is 46.5 Å². The van der Waals surface area contributed by atoms with Crippen molar-refractivity contribution in [1.82, 2.24) is 24.8 Å². The molecule has 9 heteroatoms. The fourth-order valence-corrected chi connectivity index (χ4v) is 6.02. The van der Waals surface area contributed by atoms with Crippen LogP contribution in [-0.2, 0) is 4.79 Å². The molecule has 3 unspecified atom stereocenters. The Morgan fingerprint density at radius 1 is 1.26 bits per heavy atom. The fraction of sp³-hybridized carbons (Fsp3) is 0.727. The minimum atomic E-state index is -0.159. The highest BCUT2D eigenvalue weighted by molar-refractivity contribution is 7.20. The second-order valence-corrected chi connectivity index (χ2v) is 10.4. The first-order valence-corrected chi connectivity index (χ1v) is 12.3. The second-order valence-electron chi connectivity index (χ2n) is 9.45. The molecule has 4 rings (SSSR count). The number of hydrogen-bond donors (Lipinski definition) is 1. The van der Waals surface area contributed by atoms with Crippen LogP contribution in [0, 0.1) is 24.7 Å². The van der Waals surface area contributed by atoms with Crippen LogP contribution in [-0.4, -0.2) is 64.7 Å². The maximum Gasteiger partial charge on any atom is 0.275 e. The summed E-state index contributed by atoms with van der Waals surface area (Å²) in [5, 5.41) is 8.38. The molecule has 31 heavy (non-hydrogen) atoms. The highest BCUT2D eigenvalue weighted by atomic mass is 32.1.